The van der Waals surface area contributed by atoms with Crippen LogP contribution in [0.3, 0.4) is 0 Å². The van der Waals surface area contributed by atoms with Gasteiger partial charge in [0.2, 0.25) is 0 Å². The fourth-order valence-corrected chi connectivity index (χ4v) is 1.81. The van der Waals surface area contributed by atoms with Crippen molar-refractivity contribution in [2.45, 2.75) is 6.54 Å². The summed E-state index contributed by atoms with van der Waals surface area (Å²) in [7, 11) is 0. The van der Waals surface area contributed by atoms with Crippen molar-refractivity contribution < 1.29 is 4.39 Å². The van der Waals surface area contributed by atoms with E-state index in [4.69, 9.17) is 5.26 Å². The van der Waals surface area contributed by atoms with E-state index in [1.54, 1.807) is 24.7 Å². The smallest absolute Gasteiger partial charge is 0.129 e. The number of aromatic nitrogens is 2. The first-order chi connectivity index (χ1) is 7.70. The summed E-state index contributed by atoms with van der Waals surface area (Å²) in [4.78, 5) is 3.96. The molecule has 0 aliphatic heterocycles. The topological polar surface area (TPSA) is 41.6 Å². The molecule has 0 fully saturated rings. The van der Waals surface area contributed by atoms with Gasteiger partial charge in [0.15, 0.2) is 0 Å². The Morgan fingerprint density at radius 1 is 1.50 bits per heavy atom. The lowest BCUT2D eigenvalue weighted by Crippen LogP contribution is -2.02. The molecule has 0 saturated heterocycles. The van der Waals surface area contributed by atoms with E-state index in [1.807, 2.05) is 10.6 Å². The molecular weight excluding hydrogens is 320 g/mol. The minimum Gasteiger partial charge on any atom is -0.322 e. The second-order valence-corrected chi connectivity index (χ2v) is 4.37. The quantitative estimate of drug-likeness (QED) is 0.796. The van der Waals surface area contributed by atoms with Gasteiger partial charge in [-0.3, -0.25) is 0 Å². The van der Waals surface area contributed by atoms with Crippen LogP contribution < -0.4 is 0 Å². The molecule has 0 bridgehead atoms. The number of halogens is 2. The zero-order chi connectivity index (χ0) is 11.5. The lowest BCUT2D eigenvalue weighted by Gasteiger charge is -2.05. The molecule has 16 heavy (non-hydrogen) atoms. The van der Waals surface area contributed by atoms with E-state index in [1.165, 1.54) is 6.07 Å². The molecule has 5 heteroatoms. The van der Waals surface area contributed by atoms with Crippen LogP contribution >= 0.6 is 22.6 Å². The number of rotatable bonds is 2. The van der Waals surface area contributed by atoms with Crippen molar-refractivity contribution in [3.8, 4) is 6.07 Å². The normalized spacial score (nSPS) is 10.1. The third-order valence-electron chi connectivity index (χ3n) is 2.18. The maximum absolute atomic E-state index is 13.6. The summed E-state index contributed by atoms with van der Waals surface area (Å²) in [6.45, 7) is 0.426. The molecule has 0 radical (unpaired) electrons. The summed E-state index contributed by atoms with van der Waals surface area (Å²) >= 11 is 2.13. The molecule has 0 aliphatic rings. The first kappa shape index (κ1) is 11.1. The number of nitrogens with zero attached hydrogens (tertiary/aromatic N) is 3. The Bertz CT molecular complexity index is 557. The molecular formula is C11H7FIN3. The van der Waals surface area contributed by atoms with Gasteiger partial charge in [-0.25, -0.2) is 9.37 Å². The summed E-state index contributed by atoms with van der Waals surface area (Å²) in [6.07, 6.45) is 3.36. The zero-order valence-corrected chi connectivity index (χ0v) is 10.3. The van der Waals surface area contributed by atoms with E-state index in [0.717, 1.165) is 3.70 Å². The Kier molecular flexibility index (Phi) is 3.19. The van der Waals surface area contributed by atoms with Crippen LogP contribution in [0.15, 0.2) is 30.7 Å². The number of hydrogen-bond donors (Lipinski definition) is 0. The maximum Gasteiger partial charge on any atom is 0.129 e. The van der Waals surface area contributed by atoms with E-state index >= 15 is 0 Å². The SMILES string of the molecule is N#Cc1ccc(Cn2cncc2I)c(F)c1. The third kappa shape index (κ3) is 2.22. The Hall–Kier alpha value is -1.42. The van der Waals surface area contributed by atoms with Crippen LogP contribution in [0.4, 0.5) is 4.39 Å². The van der Waals surface area contributed by atoms with Gasteiger partial charge in [-0.2, -0.15) is 5.26 Å². The Morgan fingerprint density at radius 2 is 2.31 bits per heavy atom. The Balaban J connectivity index is 2.30. The van der Waals surface area contributed by atoms with Crippen LogP contribution in [-0.2, 0) is 6.54 Å². The largest absolute Gasteiger partial charge is 0.322 e. The predicted octanol–water partition coefficient (Wildman–Crippen LogP) is 2.55. The van der Waals surface area contributed by atoms with Crippen LogP contribution in [0.1, 0.15) is 11.1 Å². The van der Waals surface area contributed by atoms with Crippen molar-refractivity contribution in [1.82, 2.24) is 9.55 Å². The van der Waals surface area contributed by atoms with Gasteiger partial charge in [-0.1, -0.05) is 6.07 Å². The molecule has 80 valence electrons. The average Bonchev–Trinajstić information content (AvgIpc) is 2.67. The van der Waals surface area contributed by atoms with Crippen molar-refractivity contribution in [3.63, 3.8) is 0 Å². The van der Waals surface area contributed by atoms with Crippen LogP contribution in [-0.4, -0.2) is 9.55 Å². The van der Waals surface area contributed by atoms with Crippen LogP contribution in [0, 0.1) is 20.8 Å². The van der Waals surface area contributed by atoms with Gasteiger partial charge in [0, 0.05) is 5.56 Å². The van der Waals surface area contributed by atoms with Crippen molar-refractivity contribution in [3.05, 3.63) is 51.4 Å². The Morgan fingerprint density at radius 3 is 2.88 bits per heavy atom. The van der Waals surface area contributed by atoms with Gasteiger partial charge in [0.05, 0.1) is 34.4 Å². The Labute approximate surface area is 106 Å². The molecule has 0 amide bonds. The van der Waals surface area contributed by atoms with Gasteiger partial charge in [0.25, 0.3) is 0 Å². The van der Waals surface area contributed by atoms with Crippen molar-refractivity contribution in [1.29, 1.82) is 5.26 Å². The molecule has 0 unspecified atom stereocenters. The van der Waals surface area contributed by atoms with Gasteiger partial charge in [0.1, 0.15) is 5.82 Å². The maximum atomic E-state index is 13.6. The number of hydrogen-bond acceptors (Lipinski definition) is 2. The van der Waals surface area contributed by atoms with E-state index in [-0.39, 0.29) is 5.82 Å². The van der Waals surface area contributed by atoms with Gasteiger partial charge in [-0.05, 0) is 34.7 Å². The number of nitriles is 1. The zero-order valence-electron chi connectivity index (χ0n) is 8.19. The highest BCUT2D eigenvalue weighted by Gasteiger charge is 2.06. The first-order valence-electron chi connectivity index (χ1n) is 4.55. The summed E-state index contributed by atoms with van der Waals surface area (Å²) in [5.41, 5.74) is 0.886. The lowest BCUT2D eigenvalue weighted by atomic mass is 10.1. The number of benzene rings is 1. The fraction of sp³-hybridized carbons (Fsp3) is 0.0909. The molecule has 1 aromatic heterocycles. The molecule has 0 spiro atoms. The van der Waals surface area contributed by atoms with Gasteiger partial charge < -0.3 is 4.57 Å². The van der Waals surface area contributed by atoms with Crippen LogP contribution in [0.5, 0.6) is 0 Å². The summed E-state index contributed by atoms with van der Waals surface area (Å²) < 4.78 is 16.4. The van der Waals surface area contributed by atoms with Crippen LogP contribution in [0.25, 0.3) is 0 Å². The summed E-state index contributed by atoms with van der Waals surface area (Å²) in [6, 6.07) is 6.40. The fourth-order valence-electron chi connectivity index (χ4n) is 1.35. The molecule has 0 saturated carbocycles. The molecule has 1 heterocycles. The van der Waals surface area contributed by atoms with E-state index < -0.39 is 0 Å². The molecule has 0 N–H and O–H groups in total. The number of imidazole rings is 1. The van der Waals surface area contributed by atoms with E-state index in [9.17, 15) is 4.39 Å². The third-order valence-corrected chi connectivity index (χ3v) is 3.08. The molecule has 3 nitrogen and oxygen atoms in total. The highest BCUT2D eigenvalue weighted by atomic mass is 127. The second kappa shape index (κ2) is 4.61. The van der Waals surface area contributed by atoms with E-state index in [0.29, 0.717) is 17.7 Å². The minimum atomic E-state index is -0.358. The molecule has 0 atom stereocenters. The molecule has 2 aromatic rings. The van der Waals surface area contributed by atoms with Crippen molar-refractivity contribution in [2.24, 2.45) is 0 Å². The molecule has 1 aromatic carbocycles. The van der Waals surface area contributed by atoms with Gasteiger partial charge >= 0.3 is 0 Å². The molecule has 0 aliphatic carbocycles. The average molecular weight is 327 g/mol. The second-order valence-electron chi connectivity index (χ2n) is 3.26. The van der Waals surface area contributed by atoms with Crippen LogP contribution in [0.2, 0.25) is 0 Å². The highest BCUT2D eigenvalue weighted by Crippen LogP contribution is 2.13. The lowest BCUT2D eigenvalue weighted by molar-refractivity contribution is 0.597. The van der Waals surface area contributed by atoms with Gasteiger partial charge in [-0.15, -0.1) is 0 Å². The molecule has 2 rings (SSSR count). The standard InChI is InChI=1S/C11H7FIN3/c12-10-3-8(4-14)1-2-9(10)6-16-7-15-5-11(16)13/h1-3,5,7H,6H2. The van der Waals surface area contributed by atoms with Crippen molar-refractivity contribution in [2.75, 3.05) is 0 Å². The van der Waals surface area contributed by atoms with E-state index in [2.05, 4.69) is 27.6 Å². The minimum absolute atomic E-state index is 0.335. The highest BCUT2D eigenvalue weighted by molar-refractivity contribution is 14.1. The summed E-state index contributed by atoms with van der Waals surface area (Å²) in [5, 5.41) is 8.62. The predicted molar refractivity (Wildman–Crippen MR) is 65.2 cm³/mol. The van der Waals surface area contributed by atoms with Crippen molar-refractivity contribution >= 4 is 22.6 Å². The monoisotopic (exact) mass is 327 g/mol. The summed E-state index contributed by atoms with van der Waals surface area (Å²) in [5.74, 6) is -0.358. The first-order valence-corrected chi connectivity index (χ1v) is 5.63.